The van der Waals surface area contributed by atoms with E-state index in [9.17, 15) is 19.7 Å². The van der Waals surface area contributed by atoms with Gasteiger partial charge in [0.05, 0.1) is 4.92 Å². The van der Waals surface area contributed by atoms with Gasteiger partial charge in [-0.05, 0) is 18.9 Å². The number of likely N-dealkylation sites (tertiary alicyclic amines) is 1. The Morgan fingerprint density at radius 2 is 1.68 bits per heavy atom. The summed E-state index contributed by atoms with van der Waals surface area (Å²) in [5.74, 6) is -1.09. The third-order valence-corrected chi connectivity index (χ3v) is 4.40. The molecule has 146 valence electrons. The summed E-state index contributed by atoms with van der Waals surface area (Å²) in [5.41, 5.74) is 0.321. The van der Waals surface area contributed by atoms with Crippen LogP contribution in [-0.4, -0.2) is 41.4 Å². The number of rotatable bonds is 7. The number of hydrogen-bond donors (Lipinski definition) is 0. The molecule has 1 fully saturated rings. The van der Waals surface area contributed by atoms with Crippen molar-refractivity contribution in [2.24, 2.45) is 0 Å². The predicted molar refractivity (Wildman–Crippen MR) is 99.7 cm³/mol. The minimum absolute atomic E-state index is 0.0356. The fourth-order valence-electron chi connectivity index (χ4n) is 3.02. The van der Waals surface area contributed by atoms with E-state index in [-0.39, 0.29) is 17.3 Å². The van der Waals surface area contributed by atoms with Crippen LogP contribution >= 0.6 is 0 Å². The van der Waals surface area contributed by atoms with Gasteiger partial charge in [-0.25, -0.2) is 4.79 Å². The van der Waals surface area contributed by atoms with Gasteiger partial charge in [0, 0.05) is 24.7 Å². The van der Waals surface area contributed by atoms with Crippen molar-refractivity contribution in [3.63, 3.8) is 0 Å². The summed E-state index contributed by atoms with van der Waals surface area (Å²) < 4.78 is 10.7. The predicted octanol–water partition coefficient (Wildman–Crippen LogP) is 2.88. The first kappa shape index (κ1) is 19.3. The molecule has 1 saturated heterocycles. The number of nitro benzene ring substituents is 1. The van der Waals surface area contributed by atoms with Crippen LogP contribution in [0.15, 0.2) is 54.6 Å². The number of carbonyl (C=O) groups excluding carboxylic acids is 2. The molecule has 2 aromatic rings. The van der Waals surface area contributed by atoms with Gasteiger partial charge in [0.15, 0.2) is 12.4 Å². The number of benzene rings is 2. The molecule has 1 aliphatic rings. The fourth-order valence-corrected chi connectivity index (χ4v) is 3.02. The van der Waals surface area contributed by atoms with Crippen LogP contribution in [0.4, 0.5) is 5.69 Å². The van der Waals surface area contributed by atoms with Gasteiger partial charge in [-0.15, -0.1) is 0 Å². The van der Waals surface area contributed by atoms with Gasteiger partial charge in [-0.3, -0.25) is 14.9 Å². The number of nitrogens with zero attached hydrogens (tertiary/aromatic N) is 2. The highest BCUT2D eigenvalue weighted by Crippen LogP contribution is 2.26. The van der Waals surface area contributed by atoms with Crippen LogP contribution in [0, 0.1) is 10.1 Å². The molecule has 0 spiro atoms. The van der Waals surface area contributed by atoms with E-state index in [1.54, 1.807) is 41.3 Å². The second-order valence-electron chi connectivity index (χ2n) is 6.33. The second kappa shape index (κ2) is 8.98. The number of esters is 1. The standard InChI is InChI=1S/C20H20N2O6/c23-18(14-27-17-11-5-4-10-16(17)22(25)26)28-19(15-8-2-1-3-9-15)20(24)21-12-6-7-13-21/h1-5,8-11,19H,6-7,12-14H2. The Bertz CT molecular complexity index is 849. The highest BCUT2D eigenvalue weighted by Gasteiger charge is 2.31. The van der Waals surface area contributed by atoms with E-state index in [2.05, 4.69) is 0 Å². The molecule has 0 aliphatic carbocycles. The Hall–Kier alpha value is -3.42. The molecule has 1 atom stereocenters. The number of nitro groups is 1. The summed E-state index contributed by atoms with van der Waals surface area (Å²) in [7, 11) is 0. The van der Waals surface area contributed by atoms with E-state index < -0.39 is 23.6 Å². The third kappa shape index (κ3) is 4.64. The lowest BCUT2D eigenvalue weighted by Gasteiger charge is -2.23. The van der Waals surface area contributed by atoms with E-state index in [1.807, 2.05) is 0 Å². The SMILES string of the molecule is O=C(COc1ccccc1[N+](=O)[O-])OC(C(=O)N1CCCC1)c1ccccc1. The molecule has 0 aromatic heterocycles. The Morgan fingerprint density at radius 1 is 1.04 bits per heavy atom. The highest BCUT2D eigenvalue weighted by atomic mass is 16.6. The lowest BCUT2D eigenvalue weighted by Crippen LogP contribution is -2.35. The van der Waals surface area contributed by atoms with Crippen molar-refractivity contribution in [3.05, 3.63) is 70.3 Å². The Morgan fingerprint density at radius 3 is 2.36 bits per heavy atom. The summed E-state index contributed by atoms with van der Waals surface area (Å²) in [6.07, 6.45) is 0.769. The van der Waals surface area contributed by atoms with Gasteiger partial charge in [-0.2, -0.15) is 0 Å². The maximum absolute atomic E-state index is 12.8. The summed E-state index contributed by atoms with van der Waals surface area (Å²) in [5, 5.41) is 11.0. The van der Waals surface area contributed by atoms with E-state index in [0.717, 1.165) is 12.8 Å². The first-order valence-electron chi connectivity index (χ1n) is 8.95. The maximum Gasteiger partial charge on any atom is 0.345 e. The topological polar surface area (TPSA) is 99.0 Å². The minimum Gasteiger partial charge on any atom is -0.475 e. The van der Waals surface area contributed by atoms with Crippen LogP contribution in [0.3, 0.4) is 0 Å². The van der Waals surface area contributed by atoms with Gasteiger partial charge in [0.25, 0.3) is 5.91 Å². The summed E-state index contributed by atoms with van der Waals surface area (Å²) in [6.45, 7) is 0.723. The number of ether oxygens (including phenoxy) is 2. The molecule has 8 heteroatoms. The molecule has 0 saturated carbocycles. The van der Waals surface area contributed by atoms with Gasteiger partial charge in [0.2, 0.25) is 6.10 Å². The number of hydrogen-bond acceptors (Lipinski definition) is 6. The number of amides is 1. The van der Waals surface area contributed by atoms with Crippen LogP contribution in [0.5, 0.6) is 5.75 Å². The van der Waals surface area contributed by atoms with Crippen molar-refractivity contribution in [3.8, 4) is 5.75 Å². The van der Waals surface area contributed by atoms with Gasteiger partial charge in [-0.1, -0.05) is 42.5 Å². The van der Waals surface area contributed by atoms with Crippen molar-refractivity contribution in [2.45, 2.75) is 18.9 Å². The lowest BCUT2D eigenvalue weighted by atomic mass is 10.1. The van der Waals surface area contributed by atoms with Gasteiger partial charge >= 0.3 is 11.7 Å². The molecule has 1 heterocycles. The number of para-hydroxylation sites is 2. The molecule has 0 radical (unpaired) electrons. The minimum atomic E-state index is -1.07. The Balaban J connectivity index is 1.69. The molecule has 1 amide bonds. The fraction of sp³-hybridized carbons (Fsp3) is 0.300. The monoisotopic (exact) mass is 384 g/mol. The summed E-state index contributed by atoms with van der Waals surface area (Å²) >= 11 is 0. The normalized spacial score (nSPS) is 14.4. The Kier molecular flexibility index (Phi) is 6.21. The summed E-state index contributed by atoms with van der Waals surface area (Å²) in [6, 6.07) is 14.5. The first-order chi connectivity index (χ1) is 13.6. The molecule has 28 heavy (non-hydrogen) atoms. The van der Waals surface area contributed by atoms with Gasteiger partial charge < -0.3 is 14.4 Å². The molecule has 0 bridgehead atoms. The lowest BCUT2D eigenvalue weighted by molar-refractivity contribution is -0.385. The smallest absolute Gasteiger partial charge is 0.345 e. The molecular weight excluding hydrogens is 364 g/mol. The zero-order valence-corrected chi connectivity index (χ0v) is 15.2. The van der Waals surface area contributed by atoms with Crippen molar-refractivity contribution in [1.29, 1.82) is 0 Å². The highest BCUT2D eigenvalue weighted by molar-refractivity contribution is 5.85. The van der Waals surface area contributed by atoms with Crippen LogP contribution in [-0.2, 0) is 14.3 Å². The molecule has 1 unspecified atom stereocenters. The Labute approximate surface area is 161 Å². The quantitative estimate of drug-likeness (QED) is 0.413. The van der Waals surface area contributed by atoms with E-state index in [1.165, 1.54) is 18.2 Å². The van der Waals surface area contributed by atoms with Crippen LogP contribution < -0.4 is 4.74 Å². The molecule has 2 aromatic carbocycles. The molecule has 0 N–H and O–H groups in total. The molecule has 1 aliphatic heterocycles. The molecule has 3 rings (SSSR count). The second-order valence-corrected chi connectivity index (χ2v) is 6.33. The van der Waals surface area contributed by atoms with Crippen LogP contribution in [0.2, 0.25) is 0 Å². The van der Waals surface area contributed by atoms with Crippen molar-refractivity contribution < 1.29 is 24.0 Å². The average Bonchev–Trinajstić information content (AvgIpc) is 3.25. The van der Waals surface area contributed by atoms with E-state index in [4.69, 9.17) is 9.47 Å². The third-order valence-electron chi connectivity index (χ3n) is 4.40. The largest absolute Gasteiger partial charge is 0.475 e. The van der Waals surface area contributed by atoms with E-state index >= 15 is 0 Å². The summed E-state index contributed by atoms with van der Waals surface area (Å²) in [4.78, 5) is 37.2. The zero-order valence-electron chi connectivity index (χ0n) is 15.2. The van der Waals surface area contributed by atoms with Crippen molar-refractivity contribution in [1.82, 2.24) is 4.90 Å². The zero-order chi connectivity index (χ0) is 19.9. The first-order valence-corrected chi connectivity index (χ1v) is 8.95. The van der Waals surface area contributed by atoms with Crippen LogP contribution in [0.25, 0.3) is 0 Å². The maximum atomic E-state index is 12.8. The van der Waals surface area contributed by atoms with Crippen molar-refractivity contribution >= 4 is 17.6 Å². The van der Waals surface area contributed by atoms with Gasteiger partial charge in [0.1, 0.15) is 0 Å². The molecular formula is C20H20N2O6. The average molecular weight is 384 g/mol. The number of carbonyl (C=O) groups is 2. The van der Waals surface area contributed by atoms with Crippen LogP contribution in [0.1, 0.15) is 24.5 Å². The molecule has 8 nitrogen and oxygen atoms in total. The van der Waals surface area contributed by atoms with E-state index in [0.29, 0.717) is 18.7 Å². The van der Waals surface area contributed by atoms with Crippen molar-refractivity contribution in [2.75, 3.05) is 19.7 Å².